The van der Waals surface area contributed by atoms with Gasteiger partial charge in [-0.3, -0.25) is 19.2 Å². The maximum Gasteiger partial charge on any atom is 0.306 e. The van der Waals surface area contributed by atoms with Gasteiger partial charge in [0.25, 0.3) is 0 Å². The molecule has 414 valence electrons. The predicted molar refractivity (Wildman–Crippen MR) is 295 cm³/mol. The number of rotatable bonds is 25. The summed E-state index contributed by atoms with van der Waals surface area (Å²) < 4.78 is 24.8. The van der Waals surface area contributed by atoms with Crippen molar-refractivity contribution in [3.8, 4) is 5.75 Å². The number of aliphatic hydroxyl groups is 1. The van der Waals surface area contributed by atoms with Gasteiger partial charge in [-0.15, -0.1) is 0 Å². The van der Waals surface area contributed by atoms with Crippen molar-refractivity contribution in [3.63, 3.8) is 0 Å². The number of hydrogen-bond acceptors (Lipinski definition) is 9. The first-order valence-corrected chi connectivity index (χ1v) is 29.2. The van der Waals surface area contributed by atoms with Crippen LogP contribution in [-0.4, -0.2) is 77.9 Å². The summed E-state index contributed by atoms with van der Waals surface area (Å²) in [6.45, 7) is 12.9. The molecule has 8 rings (SSSR count). The van der Waals surface area contributed by atoms with Crippen LogP contribution in [0.25, 0.3) is 0 Å². The minimum atomic E-state index is -1.15. The van der Waals surface area contributed by atoms with Crippen LogP contribution in [0.3, 0.4) is 0 Å². The van der Waals surface area contributed by atoms with Crippen LogP contribution in [0, 0.1) is 52.3 Å². The molecule has 0 bridgehead atoms. The van der Waals surface area contributed by atoms with Gasteiger partial charge in [-0.1, -0.05) is 145 Å². The molecular weight excluding hydrogens is 955 g/mol. The Bertz CT molecular complexity index is 2390. The molecule has 1 saturated heterocycles. The number of aliphatic carboxylic acids is 1. The number of likely N-dealkylation sites (tertiary alicyclic amines) is 1. The van der Waals surface area contributed by atoms with Crippen molar-refractivity contribution >= 4 is 23.8 Å². The lowest BCUT2D eigenvalue weighted by molar-refractivity contribution is -0.154. The number of hydrogen-bond donors (Lipinski definition) is 2. The molecule has 1 aliphatic heterocycles. The summed E-state index contributed by atoms with van der Waals surface area (Å²) in [5.41, 5.74) is 4.31. The number of carboxylic acids is 1. The van der Waals surface area contributed by atoms with E-state index >= 15 is 0 Å². The molecule has 11 heteroatoms. The number of allylic oxidation sites excluding steroid dienone is 1. The van der Waals surface area contributed by atoms with Gasteiger partial charge in [0, 0.05) is 31.7 Å². The van der Waals surface area contributed by atoms with Gasteiger partial charge in [0.1, 0.15) is 23.6 Å². The fourth-order valence-corrected chi connectivity index (χ4v) is 15.2. The molecule has 4 aliphatic carbocycles. The number of aliphatic hydroxyl groups excluding tert-OH is 1. The number of ether oxygens (including phenoxy) is 4. The minimum Gasteiger partial charge on any atom is -0.497 e. The second-order valence-corrected chi connectivity index (χ2v) is 24.5. The Morgan fingerprint density at radius 3 is 2.09 bits per heavy atom. The molecule has 11 atom stereocenters. The highest BCUT2D eigenvalue weighted by Gasteiger charge is 2.59. The summed E-state index contributed by atoms with van der Waals surface area (Å²) in [7, 11) is 1.61. The summed E-state index contributed by atoms with van der Waals surface area (Å²) in [5, 5.41) is 19.2. The second-order valence-electron chi connectivity index (χ2n) is 24.5. The Morgan fingerprint density at radius 2 is 1.41 bits per heavy atom. The molecule has 3 aromatic carbocycles. The maximum absolute atomic E-state index is 13.9. The lowest BCUT2D eigenvalue weighted by Crippen LogP contribution is -2.51. The third kappa shape index (κ3) is 12.9. The highest BCUT2D eigenvalue weighted by molar-refractivity contribution is 5.78. The molecule has 1 amide bonds. The Balaban J connectivity index is 0.827. The average molecular weight is 1040 g/mol. The van der Waals surface area contributed by atoms with Crippen LogP contribution in [0.4, 0.5) is 0 Å². The molecule has 0 aromatic heterocycles. The molecule has 8 unspecified atom stereocenters. The van der Waals surface area contributed by atoms with Gasteiger partial charge in [0.2, 0.25) is 5.91 Å². The number of nitrogens with zero attached hydrogens (tertiary/aromatic N) is 1. The zero-order valence-corrected chi connectivity index (χ0v) is 46.7. The quantitative estimate of drug-likeness (QED) is 0.0363. The summed E-state index contributed by atoms with van der Waals surface area (Å²) in [5.74, 6) is 3.15. The molecule has 3 saturated carbocycles. The molecule has 3 aromatic rings. The van der Waals surface area contributed by atoms with Gasteiger partial charge in [-0.25, -0.2) is 0 Å². The molecule has 4 fully saturated rings. The third-order valence-corrected chi connectivity index (χ3v) is 19.4. The molecule has 1 heterocycles. The van der Waals surface area contributed by atoms with Crippen LogP contribution < -0.4 is 4.74 Å². The molecule has 0 spiro atoms. The van der Waals surface area contributed by atoms with Crippen LogP contribution in [0.15, 0.2) is 90.5 Å². The van der Waals surface area contributed by atoms with Gasteiger partial charge >= 0.3 is 17.9 Å². The van der Waals surface area contributed by atoms with E-state index in [1.807, 2.05) is 78.9 Å². The molecular formula is C65H89NO10. The minimum absolute atomic E-state index is 0.0528. The zero-order chi connectivity index (χ0) is 54.0. The van der Waals surface area contributed by atoms with E-state index in [1.165, 1.54) is 51.4 Å². The summed E-state index contributed by atoms with van der Waals surface area (Å²) in [4.78, 5) is 53.3. The van der Waals surface area contributed by atoms with Crippen LogP contribution in [-0.2, 0) is 45.6 Å². The molecule has 11 nitrogen and oxygen atoms in total. The van der Waals surface area contributed by atoms with Gasteiger partial charge < -0.3 is 34.1 Å². The number of amides is 1. The highest BCUT2D eigenvalue weighted by atomic mass is 16.6. The van der Waals surface area contributed by atoms with E-state index in [4.69, 9.17) is 18.9 Å². The Labute approximate surface area is 453 Å². The maximum atomic E-state index is 13.9. The number of fused-ring (bicyclic) bond motifs is 5. The van der Waals surface area contributed by atoms with E-state index in [0.717, 1.165) is 89.9 Å². The Hall–Kier alpha value is -5.00. The molecule has 0 radical (unpaired) electrons. The van der Waals surface area contributed by atoms with Crippen LogP contribution in [0.1, 0.15) is 179 Å². The lowest BCUT2D eigenvalue weighted by Gasteiger charge is -2.58. The molecule has 5 aliphatic rings. The van der Waals surface area contributed by atoms with E-state index in [0.29, 0.717) is 36.8 Å². The van der Waals surface area contributed by atoms with Crippen molar-refractivity contribution in [2.24, 2.45) is 52.3 Å². The second kappa shape index (κ2) is 25.6. The number of unbranched alkanes of at least 4 members (excludes halogenated alkanes) is 3. The number of carboxylic acid groups (broad SMARTS) is 1. The van der Waals surface area contributed by atoms with Crippen molar-refractivity contribution in [1.29, 1.82) is 0 Å². The van der Waals surface area contributed by atoms with Gasteiger partial charge in [0.15, 0.2) is 0 Å². The van der Waals surface area contributed by atoms with E-state index in [1.54, 1.807) is 17.6 Å². The van der Waals surface area contributed by atoms with Gasteiger partial charge in [0.05, 0.1) is 39.7 Å². The number of carbonyl (C=O) groups is 4. The van der Waals surface area contributed by atoms with Crippen LogP contribution in [0.5, 0.6) is 5.75 Å². The van der Waals surface area contributed by atoms with E-state index in [9.17, 15) is 29.4 Å². The SMILES string of the molecule is COc1ccc(C(OCC2CN(C(=O)CCCCCCC(=O)OC3CC[C@@]4(C)C(=CCC5C4CC[C@@]4(C)C5CC[C@@H]4C(C)CCCC(C)C)C3)CC2OC(=O)CCC(=O)O)(c2ccccc2)c2ccc(CO)cc2)cc1. The lowest BCUT2D eigenvalue weighted by atomic mass is 9.47. The fraction of sp³-hybridized carbons (Fsp3) is 0.631. The molecule has 2 N–H and O–H groups in total. The zero-order valence-electron chi connectivity index (χ0n) is 46.7. The summed E-state index contributed by atoms with van der Waals surface area (Å²) >= 11 is 0. The molecule has 76 heavy (non-hydrogen) atoms. The fourth-order valence-electron chi connectivity index (χ4n) is 15.2. The van der Waals surface area contributed by atoms with E-state index in [2.05, 4.69) is 40.7 Å². The topological polar surface area (TPSA) is 149 Å². The number of esters is 2. The van der Waals surface area contributed by atoms with Crippen LogP contribution >= 0.6 is 0 Å². The Morgan fingerprint density at radius 1 is 0.724 bits per heavy atom. The number of carbonyl (C=O) groups excluding carboxylic acids is 3. The van der Waals surface area contributed by atoms with Crippen molar-refractivity contribution in [1.82, 2.24) is 4.90 Å². The van der Waals surface area contributed by atoms with E-state index in [-0.39, 0.29) is 62.5 Å². The average Bonchev–Trinajstić information content (AvgIpc) is 4.00. The van der Waals surface area contributed by atoms with Crippen LogP contribution in [0.2, 0.25) is 0 Å². The standard InChI is InChI=1S/C65H89NO10/c1-44(2)15-14-16-45(3)55-31-32-56-54-30-27-51-39-53(35-37-63(51,4)57(54)36-38-64(55,56)5)75-61(71)20-13-8-7-12-19-59(68)66-40-47(58(41-66)76-62(72)34-33-60(69)70)43-74-65(48-17-10-9-11-18-48,49-23-21-46(42-67)22-24-49)50-25-28-52(73-6)29-26-50/h9-11,17-18,21-29,44-45,47,53-58,67H,7-8,12-16,19-20,30-43H2,1-6H3,(H,69,70)/t45?,47?,53?,54?,55-,56?,57?,58?,63+,64-,65?/m1/s1. The monoisotopic (exact) mass is 1040 g/mol. The first-order chi connectivity index (χ1) is 36.6. The number of methoxy groups -OCH3 is 1. The first-order valence-electron chi connectivity index (χ1n) is 29.2. The van der Waals surface area contributed by atoms with Crippen molar-refractivity contribution < 1.29 is 48.3 Å². The van der Waals surface area contributed by atoms with Crippen molar-refractivity contribution in [2.45, 2.75) is 181 Å². The highest BCUT2D eigenvalue weighted by Crippen LogP contribution is 2.67. The van der Waals surface area contributed by atoms with Gasteiger partial charge in [-0.2, -0.15) is 0 Å². The normalized spacial score (nSPS) is 28.1. The Kier molecular flexibility index (Phi) is 19.3. The van der Waals surface area contributed by atoms with Crippen molar-refractivity contribution in [3.05, 3.63) is 113 Å². The first kappa shape index (κ1) is 57.2. The third-order valence-electron chi connectivity index (χ3n) is 19.4. The predicted octanol–water partition coefficient (Wildman–Crippen LogP) is 13.0. The van der Waals surface area contributed by atoms with Crippen molar-refractivity contribution in [2.75, 3.05) is 26.8 Å². The summed E-state index contributed by atoms with van der Waals surface area (Å²) in [6, 6.07) is 25.1. The smallest absolute Gasteiger partial charge is 0.306 e. The van der Waals surface area contributed by atoms with E-state index < -0.39 is 29.6 Å². The summed E-state index contributed by atoms with van der Waals surface area (Å²) in [6.07, 6.45) is 18.5. The van der Waals surface area contributed by atoms with Gasteiger partial charge in [-0.05, 0) is 139 Å². The number of benzene rings is 3. The largest absolute Gasteiger partial charge is 0.497 e.